The second-order valence-corrected chi connectivity index (χ2v) is 4.46. The molecule has 2 rings (SSSR count). The number of carbonyl (C=O) groups is 3. The Morgan fingerprint density at radius 1 is 1.45 bits per heavy atom. The number of rotatable bonds is 3. The predicted octanol–water partition coefficient (Wildman–Crippen LogP) is 0.609. The summed E-state index contributed by atoms with van der Waals surface area (Å²) in [6.07, 6.45) is -0.714. The van der Waals surface area contributed by atoms with Crippen LogP contribution in [0.25, 0.3) is 0 Å². The van der Waals surface area contributed by atoms with Gasteiger partial charge >= 0.3 is 5.97 Å². The summed E-state index contributed by atoms with van der Waals surface area (Å²) in [5.41, 5.74) is 0.575. The summed E-state index contributed by atoms with van der Waals surface area (Å²) in [5, 5.41) is 13.8. The molecule has 0 aliphatic carbocycles. The number of carboxylic acids is 1. The van der Waals surface area contributed by atoms with E-state index in [0.29, 0.717) is 5.69 Å². The maximum Gasteiger partial charge on any atom is 0.325 e. The van der Waals surface area contributed by atoms with Crippen molar-refractivity contribution in [1.29, 1.82) is 0 Å². The maximum atomic E-state index is 12.1. The van der Waals surface area contributed by atoms with Crippen LogP contribution in [0.5, 0.6) is 5.75 Å². The van der Waals surface area contributed by atoms with Gasteiger partial charge in [0.25, 0.3) is 11.8 Å². The molecule has 20 heavy (non-hydrogen) atoms. The molecule has 0 aromatic heterocycles. The van der Waals surface area contributed by atoms with Crippen LogP contribution in [0.2, 0.25) is 0 Å². The van der Waals surface area contributed by atoms with Crippen molar-refractivity contribution in [2.75, 3.05) is 5.32 Å². The minimum atomic E-state index is -1.13. The Bertz CT molecular complexity index is 584. The number of fused-ring (bicyclic) bond motifs is 1. The van der Waals surface area contributed by atoms with Gasteiger partial charge in [0.15, 0.2) is 11.9 Å². The van der Waals surface area contributed by atoms with E-state index in [4.69, 9.17) is 9.84 Å². The van der Waals surface area contributed by atoms with Crippen LogP contribution in [0, 0.1) is 0 Å². The molecule has 0 bridgehead atoms. The highest BCUT2D eigenvalue weighted by Crippen LogP contribution is 2.33. The van der Waals surface area contributed by atoms with Crippen LogP contribution in [-0.2, 0) is 9.59 Å². The molecule has 0 fully saturated rings. The number of hydrogen-bond acceptors (Lipinski definition) is 4. The van der Waals surface area contributed by atoms with E-state index in [2.05, 4.69) is 10.6 Å². The molecule has 1 aromatic carbocycles. The van der Waals surface area contributed by atoms with Crippen molar-refractivity contribution in [3.63, 3.8) is 0 Å². The normalized spacial score (nSPS) is 18.3. The van der Waals surface area contributed by atoms with E-state index in [1.807, 2.05) is 0 Å². The molecule has 0 saturated carbocycles. The molecule has 0 saturated heterocycles. The van der Waals surface area contributed by atoms with E-state index >= 15 is 0 Å². The highest BCUT2D eigenvalue weighted by molar-refractivity contribution is 6.04. The number of carboxylic acid groups (broad SMARTS) is 1. The van der Waals surface area contributed by atoms with Gasteiger partial charge in [-0.05, 0) is 26.0 Å². The fraction of sp³-hybridized carbons (Fsp3) is 0.308. The number of hydrogen-bond donors (Lipinski definition) is 3. The van der Waals surface area contributed by atoms with Crippen LogP contribution in [0.1, 0.15) is 24.2 Å². The zero-order valence-electron chi connectivity index (χ0n) is 11.0. The Morgan fingerprint density at radius 3 is 2.80 bits per heavy atom. The molecule has 1 heterocycles. The number of ether oxygens (including phenoxy) is 1. The highest BCUT2D eigenvalue weighted by atomic mass is 16.5. The third-order valence-corrected chi connectivity index (χ3v) is 2.90. The van der Waals surface area contributed by atoms with Crippen molar-refractivity contribution in [3.8, 4) is 5.75 Å². The number of carbonyl (C=O) groups excluding carboxylic acids is 2. The largest absolute Gasteiger partial charge is 0.480 e. The molecule has 7 nitrogen and oxygen atoms in total. The quantitative estimate of drug-likeness (QED) is 0.751. The molecule has 1 aromatic rings. The molecule has 1 aliphatic rings. The molecule has 0 spiro atoms. The van der Waals surface area contributed by atoms with Gasteiger partial charge in [-0.1, -0.05) is 6.07 Å². The van der Waals surface area contributed by atoms with Gasteiger partial charge in [0.2, 0.25) is 0 Å². The second kappa shape index (κ2) is 5.20. The first kappa shape index (κ1) is 13.9. The number of amides is 2. The second-order valence-electron chi connectivity index (χ2n) is 4.46. The Labute approximate surface area is 114 Å². The smallest absolute Gasteiger partial charge is 0.325 e. The van der Waals surface area contributed by atoms with Gasteiger partial charge in [0, 0.05) is 0 Å². The third-order valence-electron chi connectivity index (χ3n) is 2.90. The fourth-order valence-corrected chi connectivity index (χ4v) is 1.74. The van der Waals surface area contributed by atoms with Crippen LogP contribution in [-0.4, -0.2) is 35.0 Å². The molecule has 7 heteroatoms. The zero-order valence-corrected chi connectivity index (χ0v) is 11.0. The lowest BCUT2D eigenvalue weighted by Crippen LogP contribution is -2.40. The topological polar surface area (TPSA) is 105 Å². The number of para-hydroxylation sites is 1. The number of benzene rings is 1. The number of anilines is 1. The van der Waals surface area contributed by atoms with Gasteiger partial charge in [-0.3, -0.25) is 14.4 Å². The van der Waals surface area contributed by atoms with Gasteiger partial charge < -0.3 is 20.5 Å². The average molecular weight is 278 g/mol. The van der Waals surface area contributed by atoms with E-state index in [1.54, 1.807) is 19.1 Å². The summed E-state index contributed by atoms with van der Waals surface area (Å²) in [6.45, 7) is 2.92. The summed E-state index contributed by atoms with van der Waals surface area (Å²) < 4.78 is 5.42. The van der Waals surface area contributed by atoms with Crippen LogP contribution < -0.4 is 15.4 Å². The van der Waals surface area contributed by atoms with E-state index in [0.717, 1.165) is 0 Å². The van der Waals surface area contributed by atoms with Crippen LogP contribution >= 0.6 is 0 Å². The lowest BCUT2D eigenvalue weighted by Gasteiger charge is -2.25. The van der Waals surface area contributed by atoms with Crippen molar-refractivity contribution in [2.45, 2.75) is 26.0 Å². The van der Waals surface area contributed by atoms with Gasteiger partial charge in [-0.15, -0.1) is 0 Å². The first-order valence-electron chi connectivity index (χ1n) is 6.04. The summed E-state index contributed by atoms with van der Waals surface area (Å²) >= 11 is 0. The van der Waals surface area contributed by atoms with Crippen molar-refractivity contribution < 1.29 is 24.2 Å². The molecule has 0 radical (unpaired) electrons. The minimum Gasteiger partial charge on any atom is -0.480 e. The monoisotopic (exact) mass is 278 g/mol. The first-order valence-corrected chi connectivity index (χ1v) is 6.04. The lowest BCUT2D eigenvalue weighted by molar-refractivity contribution is -0.138. The summed E-state index contributed by atoms with van der Waals surface area (Å²) in [7, 11) is 0. The van der Waals surface area contributed by atoms with E-state index < -0.39 is 24.0 Å². The van der Waals surface area contributed by atoms with Crippen LogP contribution in [0.4, 0.5) is 5.69 Å². The Morgan fingerprint density at radius 2 is 2.15 bits per heavy atom. The first-order chi connectivity index (χ1) is 9.40. The van der Waals surface area contributed by atoms with E-state index in [1.165, 1.54) is 13.0 Å². The summed E-state index contributed by atoms with van der Waals surface area (Å²) in [5.74, 6) is -1.76. The predicted molar refractivity (Wildman–Crippen MR) is 69.7 cm³/mol. The maximum absolute atomic E-state index is 12.1. The Balaban J connectivity index is 2.30. The zero-order chi connectivity index (χ0) is 14.9. The van der Waals surface area contributed by atoms with Gasteiger partial charge in [-0.25, -0.2) is 0 Å². The molecule has 1 aliphatic heterocycles. The van der Waals surface area contributed by atoms with E-state index in [9.17, 15) is 14.4 Å². The van der Waals surface area contributed by atoms with Crippen molar-refractivity contribution in [2.24, 2.45) is 0 Å². The molecule has 106 valence electrons. The summed E-state index contributed by atoms with van der Waals surface area (Å²) in [4.78, 5) is 34.3. The standard InChI is InChI=1S/C13H14N2O5/c1-6(13(18)19)14-12(17)8-4-3-5-9-10(8)20-7(2)11(16)15-9/h3-7H,1-2H3,(H,14,17)(H,15,16)(H,18,19)/t6-,7?/m0/s1. The van der Waals surface area contributed by atoms with Crippen molar-refractivity contribution >= 4 is 23.5 Å². The molecule has 1 unspecified atom stereocenters. The van der Waals surface area contributed by atoms with Gasteiger partial charge in [-0.2, -0.15) is 0 Å². The molecular weight excluding hydrogens is 264 g/mol. The highest BCUT2D eigenvalue weighted by Gasteiger charge is 2.28. The third kappa shape index (κ3) is 2.56. The van der Waals surface area contributed by atoms with Crippen LogP contribution in [0.15, 0.2) is 18.2 Å². The lowest BCUT2D eigenvalue weighted by atomic mass is 10.1. The molecule has 2 amide bonds. The Kier molecular flexibility index (Phi) is 3.60. The molecule has 2 atom stereocenters. The average Bonchev–Trinajstić information content (AvgIpc) is 2.39. The SMILES string of the molecule is CC1Oc2c(cccc2C(=O)N[C@@H](C)C(=O)O)NC1=O. The van der Waals surface area contributed by atoms with E-state index in [-0.39, 0.29) is 17.2 Å². The summed E-state index contributed by atoms with van der Waals surface area (Å²) in [6, 6.07) is 3.68. The van der Waals surface area contributed by atoms with Gasteiger partial charge in [0.1, 0.15) is 6.04 Å². The molecule has 3 N–H and O–H groups in total. The minimum absolute atomic E-state index is 0.183. The molecular formula is C13H14N2O5. The van der Waals surface area contributed by atoms with Gasteiger partial charge in [0.05, 0.1) is 11.3 Å². The van der Waals surface area contributed by atoms with Crippen LogP contribution in [0.3, 0.4) is 0 Å². The number of aliphatic carboxylic acids is 1. The fourth-order valence-electron chi connectivity index (χ4n) is 1.74. The Hall–Kier alpha value is -2.57. The van der Waals surface area contributed by atoms with Crippen molar-refractivity contribution in [3.05, 3.63) is 23.8 Å². The number of nitrogens with one attached hydrogen (secondary N) is 2. The van der Waals surface area contributed by atoms with Crippen molar-refractivity contribution in [1.82, 2.24) is 5.32 Å².